The van der Waals surface area contributed by atoms with Crippen LogP contribution in [0.3, 0.4) is 0 Å². The van der Waals surface area contributed by atoms with Gasteiger partial charge in [0.1, 0.15) is 11.4 Å². The number of hydrogen-bond acceptors (Lipinski definition) is 4. The van der Waals surface area contributed by atoms with Gasteiger partial charge in [0.15, 0.2) is 0 Å². The van der Waals surface area contributed by atoms with E-state index in [2.05, 4.69) is 15.6 Å². The van der Waals surface area contributed by atoms with Gasteiger partial charge in [-0.1, -0.05) is 23.8 Å². The van der Waals surface area contributed by atoms with Gasteiger partial charge in [0.05, 0.1) is 12.8 Å². The minimum atomic E-state index is -0.256. The van der Waals surface area contributed by atoms with Crippen LogP contribution in [0.1, 0.15) is 21.6 Å². The number of aryl methyl sites for hydroxylation is 2. The van der Waals surface area contributed by atoms with Gasteiger partial charge in [0.25, 0.3) is 5.91 Å². The van der Waals surface area contributed by atoms with Gasteiger partial charge in [0.2, 0.25) is 0 Å². The zero-order valence-corrected chi connectivity index (χ0v) is 15.0. The van der Waals surface area contributed by atoms with Gasteiger partial charge in [-0.3, -0.25) is 9.78 Å². The highest BCUT2D eigenvalue weighted by Crippen LogP contribution is 2.28. The molecule has 2 N–H and O–H groups in total. The van der Waals surface area contributed by atoms with Gasteiger partial charge in [-0.15, -0.1) is 0 Å². The maximum Gasteiger partial charge on any atom is 0.274 e. The largest absolute Gasteiger partial charge is 0.495 e. The molecular formula is C21H21N3O2. The number of hydrogen-bond donors (Lipinski definition) is 2. The Hall–Kier alpha value is -3.34. The monoisotopic (exact) mass is 347 g/mol. The first-order valence-corrected chi connectivity index (χ1v) is 8.31. The van der Waals surface area contributed by atoms with E-state index in [1.807, 2.05) is 62.4 Å². The standard InChI is InChI=1S/C21H21N3O2/c1-14-4-7-16(8-5-14)24-21(25)19-13-17(10-11-22-19)23-18-12-15(2)6-9-20(18)26-3/h4-13H,1-3H3,(H,22,23)(H,24,25). The number of nitrogens with one attached hydrogen (secondary N) is 2. The van der Waals surface area contributed by atoms with Crippen LogP contribution in [0.2, 0.25) is 0 Å². The molecule has 26 heavy (non-hydrogen) atoms. The minimum Gasteiger partial charge on any atom is -0.495 e. The van der Waals surface area contributed by atoms with Crippen molar-refractivity contribution in [1.29, 1.82) is 0 Å². The average molecular weight is 347 g/mol. The Morgan fingerprint density at radius 3 is 2.38 bits per heavy atom. The fourth-order valence-corrected chi connectivity index (χ4v) is 2.54. The van der Waals surface area contributed by atoms with Crippen LogP contribution in [0.25, 0.3) is 0 Å². The first kappa shape index (κ1) is 17.5. The van der Waals surface area contributed by atoms with Crippen molar-refractivity contribution in [3.63, 3.8) is 0 Å². The first-order valence-electron chi connectivity index (χ1n) is 8.31. The molecule has 0 saturated heterocycles. The second-order valence-corrected chi connectivity index (χ2v) is 6.08. The van der Waals surface area contributed by atoms with Crippen molar-refractivity contribution in [3.05, 3.63) is 77.6 Å². The number of pyridine rings is 1. The molecule has 0 aliphatic carbocycles. The summed E-state index contributed by atoms with van der Waals surface area (Å²) < 4.78 is 5.38. The summed E-state index contributed by atoms with van der Waals surface area (Å²) in [5.41, 5.74) is 4.92. The zero-order valence-electron chi connectivity index (χ0n) is 15.0. The predicted octanol–water partition coefficient (Wildman–Crippen LogP) is 4.70. The highest BCUT2D eigenvalue weighted by molar-refractivity contribution is 6.03. The summed E-state index contributed by atoms with van der Waals surface area (Å²) in [6, 6.07) is 17.0. The number of carbonyl (C=O) groups excluding carboxylic acids is 1. The van der Waals surface area contributed by atoms with Crippen LogP contribution in [0.5, 0.6) is 5.75 Å². The van der Waals surface area contributed by atoms with Crippen LogP contribution in [0.4, 0.5) is 17.1 Å². The van der Waals surface area contributed by atoms with Crippen LogP contribution in [-0.2, 0) is 0 Å². The second kappa shape index (κ2) is 7.70. The van der Waals surface area contributed by atoms with Crippen molar-refractivity contribution < 1.29 is 9.53 Å². The summed E-state index contributed by atoms with van der Waals surface area (Å²) in [7, 11) is 1.63. The van der Waals surface area contributed by atoms with Crippen molar-refractivity contribution in [2.45, 2.75) is 13.8 Å². The molecule has 5 nitrogen and oxygen atoms in total. The number of benzene rings is 2. The Morgan fingerprint density at radius 2 is 1.65 bits per heavy atom. The summed E-state index contributed by atoms with van der Waals surface area (Å²) in [5, 5.41) is 6.14. The number of methoxy groups -OCH3 is 1. The quantitative estimate of drug-likeness (QED) is 0.702. The van der Waals surface area contributed by atoms with Gasteiger partial charge in [-0.25, -0.2) is 0 Å². The molecular weight excluding hydrogens is 326 g/mol. The van der Waals surface area contributed by atoms with Crippen LogP contribution in [-0.4, -0.2) is 18.0 Å². The molecule has 0 bridgehead atoms. The third-order valence-electron chi connectivity index (χ3n) is 3.94. The molecule has 0 aliphatic heterocycles. The fourth-order valence-electron chi connectivity index (χ4n) is 2.54. The predicted molar refractivity (Wildman–Crippen MR) is 104 cm³/mol. The van der Waals surface area contributed by atoms with Gasteiger partial charge >= 0.3 is 0 Å². The highest BCUT2D eigenvalue weighted by atomic mass is 16.5. The lowest BCUT2D eigenvalue weighted by Crippen LogP contribution is -2.13. The van der Waals surface area contributed by atoms with E-state index in [9.17, 15) is 4.79 Å². The van der Waals surface area contributed by atoms with E-state index < -0.39 is 0 Å². The molecule has 0 radical (unpaired) electrons. The summed E-state index contributed by atoms with van der Waals surface area (Å²) >= 11 is 0. The van der Waals surface area contributed by atoms with Gasteiger partial charge < -0.3 is 15.4 Å². The molecule has 1 amide bonds. The number of nitrogens with zero attached hydrogens (tertiary/aromatic N) is 1. The Bertz CT molecular complexity index is 921. The molecule has 0 aliphatic rings. The average Bonchev–Trinajstić information content (AvgIpc) is 2.64. The van der Waals surface area contributed by atoms with E-state index in [0.717, 1.165) is 33.9 Å². The van der Waals surface area contributed by atoms with Crippen LogP contribution < -0.4 is 15.4 Å². The topological polar surface area (TPSA) is 63.2 Å². The third-order valence-corrected chi connectivity index (χ3v) is 3.94. The van der Waals surface area contributed by atoms with Crippen molar-refractivity contribution in [2.75, 3.05) is 17.7 Å². The SMILES string of the molecule is COc1ccc(C)cc1Nc1ccnc(C(=O)Nc2ccc(C)cc2)c1. The summed E-state index contributed by atoms with van der Waals surface area (Å²) in [6.07, 6.45) is 1.61. The normalized spacial score (nSPS) is 10.3. The van der Waals surface area contributed by atoms with E-state index in [4.69, 9.17) is 4.74 Å². The Balaban J connectivity index is 1.79. The van der Waals surface area contributed by atoms with E-state index in [1.54, 1.807) is 19.4 Å². The van der Waals surface area contributed by atoms with Crippen LogP contribution in [0, 0.1) is 13.8 Å². The molecule has 3 aromatic rings. The highest BCUT2D eigenvalue weighted by Gasteiger charge is 2.10. The van der Waals surface area contributed by atoms with Gasteiger partial charge in [-0.2, -0.15) is 0 Å². The van der Waals surface area contributed by atoms with Crippen molar-refractivity contribution in [2.24, 2.45) is 0 Å². The van der Waals surface area contributed by atoms with Crippen LogP contribution in [0.15, 0.2) is 60.8 Å². The number of ether oxygens (including phenoxy) is 1. The van der Waals surface area contributed by atoms with Crippen molar-refractivity contribution in [3.8, 4) is 5.75 Å². The molecule has 0 atom stereocenters. The van der Waals surface area contributed by atoms with E-state index in [0.29, 0.717) is 5.69 Å². The summed E-state index contributed by atoms with van der Waals surface area (Å²) in [6.45, 7) is 4.01. The third kappa shape index (κ3) is 4.19. The summed E-state index contributed by atoms with van der Waals surface area (Å²) in [5.74, 6) is 0.478. The number of anilines is 3. The van der Waals surface area contributed by atoms with E-state index in [1.165, 1.54) is 0 Å². The minimum absolute atomic E-state index is 0.256. The van der Waals surface area contributed by atoms with Crippen LogP contribution >= 0.6 is 0 Å². The smallest absolute Gasteiger partial charge is 0.274 e. The van der Waals surface area contributed by atoms with E-state index >= 15 is 0 Å². The second-order valence-electron chi connectivity index (χ2n) is 6.08. The van der Waals surface area contributed by atoms with Gasteiger partial charge in [0, 0.05) is 17.6 Å². The summed E-state index contributed by atoms with van der Waals surface area (Å²) in [4.78, 5) is 16.6. The Kier molecular flexibility index (Phi) is 5.17. The molecule has 0 spiro atoms. The molecule has 1 heterocycles. The number of aromatic nitrogens is 1. The molecule has 0 saturated carbocycles. The Labute approximate surface area is 153 Å². The number of carbonyl (C=O) groups is 1. The molecule has 3 rings (SSSR count). The lowest BCUT2D eigenvalue weighted by molar-refractivity contribution is 0.102. The Morgan fingerprint density at radius 1 is 0.923 bits per heavy atom. The van der Waals surface area contributed by atoms with Gasteiger partial charge in [-0.05, 0) is 55.8 Å². The first-order chi connectivity index (χ1) is 12.5. The molecule has 0 unspecified atom stereocenters. The lowest BCUT2D eigenvalue weighted by Gasteiger charge is -2.12. The van der Waals surface area contributed by atoms with Crippen molar-refractivity contribution in [1.82, 2.24) is 4.98 Å². The molecule has 1 aromatic heterocycles. The molecule has 132 valence electrons. The fraction of sp³-hybridized carbons (Fsp3) is 0.143. The number of rotatable bonds is 5. The number of amides is 1. The van der Waals surface area contributed by atoms with E-state index in [-0.39, 0.29) is 5.91 Å². The lowest BCUT2D eigenvalue weighted by atomic mass is 10.2. The molecule has 5 heteroatoms. The maximum atomic E-state index is 12.5. The molecule has 2 aromatic carbocycles. The maximum absolute atomic E-state index is 12.5. The van der Waals surface area contributed by atoms with Crippen molar-refractivity contribution >= 4 is 23.0 Å². The molecule has 0 fully saturated rings. The zero-order chi connectivity index (χ0) is 18.5.